The van der Waals surface area contributed by atoms with E-state index in [4.69, 9.17) is 10.8 Å². The molecule has 0 aliphatic carbocycles. The van der Waals surface area contributed by atoms with Gasteiger partial charge in [-0.25, -0.2) is 14.8 Å². The maximum Gasteiger partial charge on any atom is 0.326 e. The van der Waals surface area contributed by atoms with E-state index in [1.807, 2.05) is 0 Å². The van der Waals surface area contributed by atoms with Gasteiger partial charge in [0.05, 0.1) is 30.1 Å². The number of aromatic nitrogens is 4. The Kier molecular flexibility index (Phi) is 4.67. The number of hydrogen-bond donors (Lipinski definition) is 5. The fourth-order valence-electron chi connectivity index (χ4n) is 1.81. The summed E-state index contributed by atoms with van der Waals surface area (Å²) in [4.78, 5) is 36.5. The van der Waals surface area contributed by atoms with Crippen LogP contribution < -0.4 is 11.1 Å². The molecule has 1 amide bonds. The minimum Gasteiger partial charge on any atom is -0.480 e. The Hall–Kier alpha value is -2.68. The molecule has 9 heteroatoms. The molecule has 0 aliphatic heterocycles. The van der Waals surface area contributed by atoms with E-state index in [1.165, 1.54) is 12.7 Å². The van der Waals surface area contributed by atoms with Gasteiger partial charge in [-0.2, -0.15) is 0 Å². The third kappa shape index (κ3) is 4.14. The molecule has 2 atom stereocenters. The SMILES string of the molecule is N[C@@H](Cc1c[nH]cn1)C(=O)N[C@H](Cc1c[nH]cn1)C(=O)O. The predicted molar refractivity (Wildman–Crippen MR) is 72.1 cm³/mol. The van der Waals surface area contributed by atoms with Crippen molar-refractivity contribution in [2.75, 3.05) is 0 Å². The number of carboxylic acid groups (broad SMARTS) is 1. The van der Waals surface area contributed by atoms with Gasteiger partial charge in [0, 0.05) is 25.2 Å². The molecule has 0 spiro atoms. The van der Waals surface area contributed by atoms with Gasteiger partial charge in [0.15, 0.2) is 0 Å². The molecule has 0 fully saturated rings. The summed E-state index contributed by atoms with van der Waals surface area (Å²) in [5.41, 5.74) is 6.93. The van der Waals surface area contributed by atoms with Crippen LogP contribution in [0.3, 0.4) is 0 Å². The molecule has 0 aliphatic rings. The first kappa shape index (κ1) is 14.7. The summed E-state index contributed by atoms with van der Waals surface area (Å²) >= 11 is 0. The van der Waals surface area contributed by atoms with Gasteiger partial charge in [0.1, 0.15) is 6.04 Å². The molecule has 2 aromatic heterocycles. The second kappa shape index (κ2) is 6.66. The molecule has 112 valence electrons. The number of carbonyl (C=O) groups excluding carboxylic acids is 1. The van der Waals surface area contributed by atoms with E-state index >= 15 is 0 Å². The van der Waals surface area contributed by atoms with E-state index in [9.17, 15) is 9.59 Å². The normalized spacial score (nSPS) is 13.6. The first-order valence-corrected chi connectivity index (χ1v) is 6.30. The number of nitrogens with zero attached hydrogens (tertiary/aromatic N) is 2. The number of H-pyrrole nitrogens is 2. The number of carbonyl (C=O) groups is 2. The molecule has 0 aromatic carbocycles. The fraction of sp³-hybridized carbons (Fsp3) is 0.333. The number of nitrogens with one attached hydrogen (secondary N) is 3. The van der Waals surface area contributed by atoms with Crippen LogP contribution in [-0.2, 0) is 22.4 Å². The largest absolute Gasteiger partial charge is 0.480 e. The predicted octanol–water partition coefficient (Wildman–Crippen LogP) is -1.19. The molecule has 2 aromatic rings. The van der Waals surface area contributed by atoms with Gasteiger partial charge in [0.25, 0.3) is 0 Å². The van der Waals surface area contributed by atoms with Crippen molar-refractivity contribution in [1.82, 2.24) is 25.3 Å². The maximum atomic E-state index is 11.9. The molecule has 0 unspecified atom stereocenters. The Morgan fingerprint density at radius 2 is 1.76 bits per heavy atom. The van der Waals surface area contributed by atoms with Gasteiger partial charge in [-0.3, -0.25) is 4.79 Å². The van der Waals surface area contributed by atoms with Crippen LogP contribution in [0.2, 0.25) is 0 Å². The zero-order valence-corrected chi connectivity index (χ0v) is 11.1. The topological polar surface area (TPSA) is 150 Å². The number of nitrogens with two attached hydrogens (primary N) is 1. The highest BCUT2D eigenvalue weighted by atomic mass is 16.4. The Morgan fingerprint density at radius 1 is 1.19 bits per heavy atom. The van der Waals surface area contributed by atoms with E-state index in [0.29, 0.717) is 11.4 Å². The summed E-state index contributed by atoms with van der Waals surface area (Å²) in [6.45, 7) is 0. The van der Waals surface area contributed by atoms with E-state index < -0.39 is 24.0 Å². The third-order valence-electron chi connectivity index (χ3n) is 2.90. The lowest BCUT2D eigenvalue weighted by molar-refractivity contribution is -0.142. The van der Waals surface area contributed by atoms with Crippen LogP contribution in [0.15, 0.2) is 25.0 Å². The molecule has 0 bridgehead atoms. The van der Waals surface area contributed by atoms with Crippen LogP contribution in [0.25, 0.3) is 0 Å². The molecule has 0 radical (unpaired) electrons. The minimum atomic E-state index is -1.14. The molecular formula is C12H16N6O3. The van der Waals surface area contributed by atoms with E-state index in [0.717, 1.165) is 0 Å². The van der Waals surface area contributed by atoms with E-state index in [1.54, 1.807) is 12.4 Å². The highest BCUT2D eigenvalue weighted by Crippen LogP contribution is 2.01. The molecule has 21 heavy (non-hydrogen) atoms. The number of amides is 1. The summed E-state index contributed by atoms with van der Waals surface area (Å²) in [6.07, 6.45) is 6.44. The van der Waals surface area contributed by atoms with E-state index in [-0.39, 0.29) is 12.8 Å². The Bertz CT molecular complexity index is 580. The van der Waals surface area contributed by atoms with Crippen molar-refractivity contribution in [2.45, 2.75) is 24.9 Å². The van der Waals surface area contributed by atoms with Gasteiger partial charge in [0.2, 0.25) is 5.91 Å². The quantitative estimate of drug-likeness (QED) is 0.433. The number of carboxylic acids is 1. The summed E-state index contributed by atoms with van der Waals surface area (Å²) < 4.78 is 0. The van der Waals surface area contributed by atoms with Crippen LogP contribution in [0.5, 0.6) is 0 Å². The number of aliphatic carboxylic acids is 1. The minimum absolute atomic E-state index is 0.0830. The number of rotatable bonds is 7. The molecule has 2 rings (SSSR count). The fourth-order valence-corrected chi connectivity index (χ4v) is 1.81. The van der Waals surface area contributed by atoms with Crippen molar-refractivity contribution in [2.24, 2.45) is 5.73 Å². The molecule has 6 N–H and O–H groups in total. The molecule has 0 saturated carbocycles. The maximum absolute atomic E-state index is 11.9. The van der Waals surface area contributed by atoms with Gasteiger partial charge in [-0.15, -0.1) is 0 Å². The molecule has 9 nitrogen and oxygen atoms in total. The second-order valence-corrected chi connectivity index (χ2v) is 4.54. The van der Waals surface area contributed by atoms with E-state index in [2.05, 4.69) is 25.3 Å². The second-order valence-electron chi connectivity index (χ2n) is 4.54. The summed E-state index contributed by atoms with van der Waals surface area (Å²) in [6, 6.07) is -1.94. The average Bonchev–Trinajstić information content (AvgIpc) is 3.10. The first-order valence-electron chi connectivity index (χ1n) is 6.30. The molecule has 0 saturated heterocycles. The van der Waals surface area contributed by atoms with Gasteiger partial charge in [-0.05, 0) is 0 Å². The highest BCUT2D eigenvalue weighted by molar-refractivity contribution is 5.87. The van der Waals surface area contributed by atoms with Gasteiger partial charge < -0.3 is 26.1 Å². The van der Waals surface area contributed by atoms with Crippen molar-refractivity contribution < 1.29 is 14.7 Å². The van der Waals surface area contributed by atoms with Crippen molar-refractivity contribution in [3.8, 4) is 0 Å². The lowest BCUT2D eigenvalue weighted by Crippen LogP contribution is -2.50. The zero-order valence-electron chi connectivity index (χ0n) is 11.1. The lowest BCUT2D eigenvalue weighted by Gasteiger charge is -2.16. The third-order valence-corrected chi connectivity index (χ3v) is 2.90. The van der Waals surface area contributed by atoms with Crippen molar-refractivity contribution in [1.29, 1.82) is 0 Å². The van der Waals surface area contributed by atoms with Gasteiger partial charge in [-0.1, -0.05) is 0 Å². The van der Waals surface area contributed by atoms with Crippen molar-refractivity contribution in [3.05, 3.63) is 36.4 Å². The summed E-state index contributed by atoms with van der Waals surface area (Å²) in [5, 5.41) is 11.6. The molecular weight excluding hydrogens is 276 g/mol. The number of hydrogen-bond acceptors (Lipinski definition) is 5. The Labute approximate surface area is 120 Å². The van der Waals surface area contributed by atoms with Crippen LogP contribution in [0.1, 0.15) is 11.4 Å². The number of imidazole rings is 2. The van der Waals surface area contributed by atoms with Crippen molar-refractivity contribution in [3.63, 3.8) is 0 Å². The highest BCUT2D eigenvalue weighted by Gasteiger charge is 2.24. The Morgan fingerprint density at radius 3 is 2.24 bits per heavy atom. The zero-order chi connectivity index (χ0) is 15.2. The standard InChI is InChI=1S/C12H16N6O3/c13-9(1-7-3-14-5-16-7)11(19)18-10(12(20)21)2-8-4-15-6-17-8/h3-6,9-10H,1-2,13H2,(H,14,16)(H,15,17)(H,18,19)(H,20,21)/t9-,10+/m0/s1. The average molecular weight is 292 g/mol. The van der Waals surface area contributed by atoms with Crippen LogP contribution in [-0.4, -0.2) is 49.0 Å². The van der Waals surface area contributed by atoms with Crippen LogP contribution >= 0.6 is 0 Å². The van der Waals surface area contributed by atoms with Gasteiger partial charge >= 0.3 is 5.97 Å². The summed E-state index contributed by atoms with van der Waals surface area (Å²) in [5.74, 6) is -1.68. The monoisotopic (exact) mass is 292 g/mol. The Balaban J connectivity index is 1.92. The van der Waals surface area contributed by atoms with Crippen LogP contribution in [0, 0.1) is 0 Å². The smallest absolute Gasteiger partial charge is 0.326 e. The molecule has 2 heterocycles. The first-order chi connectivity index (χ1) is 10.1. The number of aromatic amines is 2. The lowest BCUT2D eigenvalue weighted by atomic mass is 10.1. The van der Waals surface area contributed by atoms with Crippen LogP contribution in [0.4, 0.5) is 0 Å². The summed E-state index contributed by atoms with van der Waals surface area (Å²) in [7, 11) is 0. The van der Waals surface area contributed by atoms with Crippen molar-refractivity contribution >= 4 is 11.9 Å².